The molecule has 192 valence electrons. The van der Waals surface area contributed by atoms with Crippen molar-refractivity contribution in [3.8, 4) is 16.9 Å². The molecule has 0 spiro atoms. The van der Waals surface area contributed by atoms with Gasteiger partial charge in [-0.05, 0) is 49.6 Å². The fourth-order valence-electron chi connectivity index (χ4n) is 5.36. The average Bonchev–Trinajstić information content (AvgIpc) is 3.32. The Labute approximate surface area is 215 Å². The minimum atomic E-state index is -3.64. The van der Waals surface area contributed by atoms with Gasteiger partial charge in [0, 0.05) is 42.9 Å². The quantitative estimate of drug-likeness (QED) is 0.526. The van der Waals surface area contributed by atoms with Gasteiger partial charge in [-0.15, -0.1) is 0 Å². The number of amides is 2. The van der Waals surface area contributed by atoms with Crippen molar-refractivity contribution in [1.82, 2.24) is 19.6 Å². The number of carbonyl (C=O) groups is 2. The second-order valence-corrected chi connectivity index (χ2v) is 11.6. The van der Waals surface area contributed by atoms with Gasteiger partial charge in [-0.3, -0.25) is 9.59 Å². The zero-order valence-electron chi connectivity index (χ0n) is 20.4. The predicted octanol–water partition coefficient (Wildman–Crippen LogP) is 2.93. The van der Waals surface area contributed by atoms with Crippen LogP contribution in [0.15, 0.2) is 53.4 Å². The largest absolute Gasteiger partial charge is 0.378 e. The maximum Gasteiger partial charge on any atom is 0.274 e. The van der Waals surface area contributed by atoms with Gasteiger partial charge >= 0.3 is 0 Å². The van der Waals surface area contributed by atoms with Crippen molar-refractivity contribution >= 4 is 21.7 Å². The van der Waals surface area contributed by atoms with Crippen molar-refractivity contribution in [2.45, 2.75) is 29.9 Å². The molecule has 0 unspecified atom stereocenters. The minimum Gasteiger partial charge on any atom is -0.378 e. The van der Waals surface area contributed by atoms with E-state index in [4.69, 9.17) is 9.84 Å². The highest BCUT2D eigenvalue weighted by atomic mass is 32.2. The molecule has 37 heavy (non-hydrogen) atoms. The Hall–Kier alpha value is -3.50. The number of hydrogen-bond donors (Lipinski definition) is 0. The third-order valence-corrected chi connectivity index (χ3v) is 8.99. The molecule has 3 aromatic rings. The van der Waals surface area contributed by atoms with Gasteiger partial charge in [-0.1, -0.05) is 18.2 Å². The van der Waals surface area contributed by atoms with Crippen molar-refractivity contribution < 1.29 is 22.7 Å². The van der Waals surface area contributed by atoms with Gasteiger partial charge in [0.05, 0.1) is 35.2 Å². The van der Waals surface area contributed by atoms with Crippen LogP contribution in [0.5, 0.6) is 0 Å². The van der Waals surface area contributed by atoms with E-state index in [-0.39, 0.29) is 28.2 Å². The Morgan fingerprint density at radius 3 is 2.22 bits per heavy atom. The number of likely N-dealkylation sites (tertiary alicyclic amines) is 1. The summed E-state index contributed by atoms with van der Waals surface area (Å²) < 4.78 is 33.4. The van der Waals surface area contributed by atoms with Crippen LogP contribution in [0.2, 0.25) is 0 Å². The highest BCUT2D eigenvalue weighted by molar-refractivity contribution is 7.90. The summed E-state index contributed by atoms with van der Waals surface area (Å²) in [6.07, 6.45) is 3.19. The number of piperidine rings is 1. The van der Waals surface area contributed by atoms with Gasteiger partial charge in [0.1, 0.15) is 0 Å². The number of morpholine rings is 1. The van der Waals surface area contributed by atoms with Crippen LogP contribution < -0.4 is 0 Å². The molecule has 0 N–H and O–H groups in total. The van der Waals surface area contributed by atoms with Crippen molar-refractivity contribution in [3.63, 3.8) is 0 Å². The summed E-state index contributed by atoms with van der Waals surface area (Å²) in [6, 6.07) is 14.0. The van der Waals surface area contributed by atoms with E-state index in [2.05, 4.69) is 0 Å². The number of hydrogen-bond acceptors (Lipinski definition) is 6. The number of aromatic nitrogens is 2. The molecular formula is C27H28N4O5S. The highest BCUT2D eigenvalue weighted by Gasteiger charge is 2.37. The summed E-state index contributed by atoms with van der Waals surface area (Å²) in [5.74, 6) is -0.589. The maximum atomic E-state index is 13.5. The summed E-state index contributed by atoms with van der Waals surface area (Å²) in [6.45, 7) is 3.26. The van der Waals surface area contributed by atoms with Gasteiger partial charge in [0.2, 0.25) is 0 Å². The van der Waals surface area contributed by atoms with Gasteiger partial charge in [-0.2, -0.15) is 5.10 Å². The van der Waals surface area contributed by atoms with E-state index in [0.717, 1.165) is 32.4 Å². The molecule has 0 atom stereocenters. The molecule has 2 saturated heterocycles. The Morgan fingerprint density at radius 2 is 1.49 bits per heavy atom. The Kier molecular flexibility index (Phi) is 6.08. The predicted molar refractivity (Wildman–Crippen MR) is 136 cm³/mol. The zero-order valence-corrected chi connectivity index (χ0v) is 21.2. The van der Waals surface area contributed by atoms with Crippen molar-refractivity contribution in [3.05, 3.63) is 65.4 Å². The molecule has 10 heteroatoms. The third-order valence-electron chi connectivity index (χ3n) is 7.30. The number of carbonyl (C=O) groups excluding carboxylic acids is 2. The molecule has 1 aromatic heterocycles. The highest BCUT2D eigenvalue weighted by Crippen LogP contribution is 2.40. The second-order valence-electron chi connectivity index (χ2n) is 9.65. The first-order chi connectivity index (χ1) is 17.9. The van der Waals surface area contributed by atoms with E-state index in [1.165, 1.54) is 0 Å². The lowest BCUT2D eigenvalue weighted by Crippen LogP contribution is -2.41. The first-order valence-corrected chi connectivity index (χ1v) is 14.3. The van der Waals surface area contributed by atoms with Crippen LogP contribution >= 0.6 is 0 Å². The number of fused-ring (bicyclic) bond motifs is 3. The minimum absolute atomic E-state index is 0.00775. The molecule has 0 aliphatic carbocycles. The first kappa shape index (κ1) is 23.9. The molecule has 4 heterocycles. The van der Waals surface area contributed by atoms with Gasteiger partial charge in [0.15, 0.2) is 15.5 Å². The average molecular weight is 521 g/mol. The lowest BCUT2D eigenvalue weighted by Gasteiger charge is -2.26. The van der Waals surface area contributed by atoms with E-state index < -0.39 is 9.84 Å². The molecule has 0 radical (unpaired) electrons. The molecule has 0 saturated carbocycles. The molecule has 6 rings (SSSR count). The molecule has 0 bridgehead atoms. The molecular weight excluding hydrogens is 492 g/mol. The summed E-state index contributed by atoms with van der Waals surface area (Å²) >= 11 is 0. The van der Waals surface area contributed by atoms with Gasteiger partial charge in [-0.25, -0.2) is 13.1 Å². The van der Waals surface area contributed by atoms with Crippen molar-refractivity contribution in [2.75, 3.05) is 39.4 Å². The SMILES string of the molecule is O=C(c1ccc(-n2nc(C(=O)N3CCOCC3)c3c2-c2ccccc2S(=O)(=O)C3)cc1)N1CCCCC1. The molecule has 2 fully saturated rings. The second kappa shape index (κ2) is 9.42. The maximum absolute atomic E-state index is 13.5. The van der Waals surface area contributed by atoms with Crippen LogP contribution in [0.3, 0.4) is 0 Å². The van der Waals surface area contributed by atoms with Gasteiger partial charge < -0.3 is 14.5 Å². The van der Waals surface area contributed by atoms with Crippen LogP contribution in [0.4, 0.5) is 0 Å². The molecule has 3 aliphatic rings. The topological polar surface area (TPSA) is 102 Å². The third kappa shape index (κ3) is 4.23. The summed E-state index contributed by atoms with van der Waals surface area (Å²) in [5, 5.41) is 4.69. The van der Waals surface area contributed by atoms with E-state index in [0.29, 0.717) is 54.4 Å². The van der Waals surface area contributed by atoms with Crippen LogP contribution in [-0.2, 0) is 20.3 Å². The normalized spacial score (nSPS) is 18.7. The molecule has 2 aromatic carbocycles. The Bertz CT molecular complexity index is 1470. The lowest BCUT2D eigenvalue weighted by molar-refractivity contribution is 0.0298. The monoisotopic (exact) mass is 520 g/mol. The standard InChI is InChI=1S/C27H28N4O5S/c32-26(29-12-4-1-5-13-29)19-8-10-20(11-9-19)31-25-21-6-2-3-7-23(21)37(34,35)18-22(25)24(28-31)27(33)30-14-16-36-17-15-30/h2-3,6-11H,1,4-5,12-18H2. The van der Waals surface area contributed by atoms with Crippen molar-refractivity contribution in [2.24, 2.45) is 0 Å². The summed E-state index contributed by atoms with van der Waals surface area (Å²) in [5.41, 5.74) is 2.91. The van der Waals surface area contributed by atoms with Crippen molar-refractivity contribution in [1.29, 1.82) is 0 Å². The summed E-state index contributed by atoms with van der Waals surface area (Å²) in [7, 11) is -3.64. The van der Waals surface area contributed by atoms with E-state index >= 15 is 0 Å². The summed E-state index contributed by atoms with van der Waals surface area (Å²) in [4.78, 5) is 30.2. The van der Waals surface area contributed by atoms with E-state index in [1.54, 1.807) is 58.1 Å². The Morgan fingerprint density at radius 1 is 0.811 bits per heavy atom. The smallest absolute Gasteiger partial charge is 0.274 e. The first-order valence-electron chi connectivity index (χ1n) is 12.6. The number of sulfone groups is 1. The molecule has 9 nitrogen and oxygen atoms in total. The fraction of sp³-hybridized carbons (Fsp3) is 0.370. The number of rotatable bonds is 3. The molecule has 3 aliphatic heterocycles. The van der Waals surface area contributed by atoms with Crippen LogP contribution in [0.25, 0.3) is 16.9 Å². The molecule has 2 amide bonds. The zero-order chi connectivity index (χ0) is 25.6. The van der Waals surface area contributed by atoms with Gasteiger partial charge in [0.25, 0.3) is 11.8 Å². The number of benzene rings is 2. The van der Waals surface area contributed by atoms with Crippen LogP contribution in [0.1, 0.15) is 45.7 Å². The lowest BCUT2D eigenvalue weighted by atomic mass is 10.0. The Balaban J connectivity index is 1.44. The van der Waals surface area contributed by atoms with Crippen LogP contribution in [0, 0.1) is 0 Å². The van der Waals surface area contributed by atoms with Crippen LogP contribution in [-0.4, -0.2) is 79.2 Å². The fourth-order valence-corrected chi connectivity index (χ4v) is 6.96. The number of ether oxygens (including phenoxy) is 1. The van der Waals surface area contributed by atoms with E-state index in [9.17, 15) is 18.0 Å². The number of nitrogens with zero attached hydrogens (tertiary/aromatic N) is 4. The van der Waals surface area contributed by atoms with E-state index in [1.807, 2.05) is 4.90 Å².